The quantitative estimate of drug-likeness (QED) is 0.674. The standard InChI is InChI=1S/C14H20O2/c1-5-11(4)13-9-14(15-6-7-16-14)8-12(13)10(2)3/h5H,1,6-9H2,2-4H3/b13-11-. The van der Waals surface area contributed by atoms with E-state index in [0.29, 0.717) is 0 Å². The topological polar surface area (TPSA) is 18.5 Å². The van der Waals surface area contributed by atoms with E-state index in [1.54, 1.807) is 0 Å². The maximum absolute atomic E-state index is 5.78. The maximum Gasteiger partial charge on any atom is 0.176 e. The molecule has 0 atom stereocenters. The van der Waals surface area contributed by atoms with E-state index in [4.69, 9.17) is 9.47 Å². The number of hydrogen-bond acceptors (Lipinski definition) is 2. The van der Waals surface area contributed by atoms with Crippen LogP contribution < -0.4 is 0 Å². The molecule has 0 N–H and O–H groups in total. The monoisotopic (exact) mass is 220 g/mol. The Labute approximate surface area is 97.6 Å². The van der Waals surface area contributed by atoms with Gasteiger partial charge in [-0.1, -0.05) is 18.2 Å². The largest absolute Gasteiger partial charge is 0.347 e. The van der Waals surface area contributed by atoms with Crippen LogP contribution in [0.2, 0.25) is 0 Å². The first-order chi connectivity index (χ1) is 7.58. The van der Waals surface area contributed by atoms with Crippen molar-refractivity contribution in [2.75, 3.05) is 13.2 Å². The van der Waals surface area contributed by atoms with Crippen LogP contribution in [0.1, 0.15) is 33.6 Å². The van der Waals surface area contributed by atoms with Crippen LogP contribution in [-0.4, -0.2) is 19.0 Å². The lowest BCUT2D eigenvalue weighted by Gasteiger charge is -2.19. The molecule has 2 fully saturated rings. The Bertz CT molecular complexity index is 364. The zero-order valence-corrected chi connectivity index (χ0v) is 10.4. The maximum atomic E-state index is 5.78. The van der Waals surface area contributed by atoms with Crippen LogP contribution in [-0.2, 0) is 9.47 Å². The van der Waals surface area contributed by atoms with Crippen LogP contribution in [0, 0.1) is 0 Å². The van der Waals surface area contributed by atoms with Crippen molar-refractivity contribution in [3.63, 3.8) is 0 Å². The molecule has 0 bridgehead atoms. The van der Waals surface area contributed by atoms with Gasteiger partial charge in [0.15, 0.2) is 5.79 Å². The summed E-state index contributed by atoms with van der Waals surface area (Å²) in [6.45, 7) is 11.7. The van der Waals surface area contributed by atoms with E-state index in [1.165, 1.54) is 22.3 Å². The highest BCUT2D eigenvalue weighted by atomic mass is 16.7. The third kappa shape index (κ3) is 1.87. The molecule has 1 aliphatic carbocycles. The van der Waals surface area contributed by atoms with E-state index in [1.807, 2.05) is 6.08 Å². The van der Waals surface area contributed by atoms with Gasteiger partial charge in [0.1, 0.15) is 0 Å². The van der Waals surface area contributed by atoms with Gasteiger partial charge in [0.25, 0.3) is 0 Å². The molecule has 2 aliphatic rings. The molecule has 0 aromatic carbocycles. The average Bonchev–Trinajstić information content (AvgIpc) is 2.86. The van der Waals surface area contributed by atoms with Crippen molar-refractivity contribution >= 4 is 0 Å². The van der Waals surface area contributed by atoms with Gasteiger partial charge >= 0.3 is 0 Å². The Morgan fingerprint density at radius 1 is 1.12 bits per heavy atom. The van der Waals surface area contributed by atoms with Crippen LogP contribution in [0.4, 0.5) is 0 Å². The average molecular weight is 220 g/mol. The molecule has 1 saturated carbocycles. The number of allylic oxidation sites excluding steroid dienone is 3. The third-order valence-electron chi connectivity index (χ3n) is 3.46. The third-order valence-corrected chi connectivity index (χ3v) is 3.46. The molecule has 1 saturated heterocycles. The molecule has 0 aromatic rings. The lowest BCUT2D eigenvalue weighted by Crippen LogP contribution is -2.25. The second-order valence-corrected chi connectivity index (χ2v) is 4.81. The van der Waals surface area contributed by atoms with Crippen LogP contribution in [0.15, 0.2) is 34.9 Å². The molecule has 1 aliphatic heterocycles. The van der Waals surface area contributed by atoms with Gasteiger partial charge in [-0.15, -0.1) is 0 Å². The normalized spacial score (nSPS) is 26.3. The Hall–Kier alpha value is -0.860. The smallest absolute Gasteiger partial charge is 0.176 e. The van der Waals surface area contributed by atoms with E-state index in [-0.39, 0.29) is 5.79 Å². The fourth-order valence-corrected chi connectivity index (χ4v) is 2.49. The molecular formula is C14H20O2. The molecule has 2 rings (SSSR count). The van der Waals surface area contributed by atoms with Crippen molar-refractivity contribution in [1.29, 1.82) is 0 Å². The van der Waals surface area contributed by atoms with Crippen molar-refractivity contribution in [3.05, 3.63) is 34.9 Å². The highest BCUT2D eigenvalue weighted by molar-refractivity contribution is 5.46. The highest BCUT2D eigenvalue weighted by Gasteiger charge is 2.44. The Morgan fingerprint density at radius 2 is 1.69 bits per heavy atom. The lowest BCUT2D eigenvalue weighted by molar-refractivity contribution is -0.145. The molecule has 1 heterocycles. The van der Waals surface area contributed by atoms with Gasteiger partial charge in [-0.25, -0.2) is 0 Å². The van der Waals surface area contributed by atoms with Crippen LogP contribution in [0.3, 0.4) is 0 Å². The fraction of sp³-hybridized carbons (Fsp3) is 0.571. The highest BCUT2D eigenvalue weighted by Crippen LogP contribution is 2.46. The molecule has 0 aromatic heterocycles. The summed E-state index contributed by atoms with van der Waals surface area (Å²) in [4.78, 5) is 0. The van der Waals surface area contributed by atoms with E-state index in [9.17, 15) is 0 Å². The Morgan fingerprint density at radius 3 is 2.19 bits per heavy atom. The molecule has 0 amide bonds. The van der Waals surface area contributed by atoms with Crippen molar-refractivity contribution in [3.8, 4) is 0 Å². The first kappa shape index (κ1) is 11.6. The predicted octanol–water partition coefficient (Wildman–Crippen LogP) is 3.36. The minimum absolute atomic E-state index is 0.369. The summed E-state index contributed by atoms with van der Waals surface area (Å²) in [7, 11) is 0. The van der Waals surface area contributed by atoms with Gasteiger partial charge in [-0.05, 0) is 37.5 Å². The van der Waals surface area contributed by atoms with Gasteiger partial charge < -0.3 is 9.47 Å². The van der Waals surface area contributed by atoms with E-state index < -0.39 is 0 Å². The van der Waals surface area contributed by atoms with Gasteiger partial charge in [0, 0.05) is 12.8 Å². The van der Waals surface area contributed by atoms with Crippen LogP contribution >= 0.6 is 0 Å². The van der Waals surface area contributed by atoms with Gasteiger partial charge in [0.05, 0.1) is 13.2 Å². The second-order valence-electron chi connectivity index (χ2n) is 4.81. The summed E-state index contributed by atoms with van der Waals surface area (Å²) >= 11 is 0. The van der Waals surface area contributed by atoms with Crippen LogP contribution in [0.25, 0.3) is 0 Å². The van der Waals surface area contributed by atoms with Gasteiger partial charge in [0.2, 0.25) is 0 Å². The summed E-state index contributed by atoms with van der Waals surface area (Å²) in [6.07, 6.45) is 3.67. The minimum Gasteiger partial charge on any atom is -0.347 e. The fourth-order valence-electron chi connectivity index (χ4n) is 2.49. The summed E-state index contributed by atoms with van der Waals surface area (Å²) < 4.78 is 11.6. The van der Waals surface area contributed by atoms with Crippen molar-refractivity contribution in [2.24, 2.45) is 0 Å². The Kier molecular flexibility index (Phi) is 3.04. The molecule has 2 heteroatoms. The van der Waals surface area contributed by atoms with Crippen LogP contribution in [0.5, 0.6) is 0 Å². The zero-order valence-electron chi connectivity index (χ0n) is 10.4. The molecule has 2 nitrogen and oxygen atoms in total. The minimum atomic E-state index is -0.369. The number of hydrogen-bond donors (Lipinski definition) is 0. The SMILES string of the molecule is C=C/C(C)=C1/CC2(CC1=C(C)C)OCCO2. The Balaban J connectivity index is 2.39. The summed E-state index contributed by atoms with van der Waals surface area (Å²) in [5.41, 5.74) is 5.34. The predicted molar refractivity (Wildman–Crippen MR) is 65.1 cm³/mol. The number of ether oxygens (including phenoxy) is 2. The molecule has 0 radical (unpaired) electrons. The van der Waals surface area contributed by atoms with Gasteiger partial charge in [-0.3, -0.25) is 0 Å². The van der Waals surface area contributed by atoms with E-state index in [0.717, 1.165) is 26.1 Å². The van der Waals surface area contributed by atoms with Crippen molar-refractivity contribution in [2.45, 2.75) is 39.4 Å². The molecule has 0 unspecified atom stereocenters. The molecular weight excluding hydrogens is 200 g/mol. The van der Waals surface area contributed by atoms with E-state index in [2.05, 4.69) is 27.4 Å². The first-order valence-electron chi connectivity index (χ1n) is 5.85. The van der Waals surface area contributed by atoms with Crippen molar-refractivity contribution in [1.82, 2.24) is 0 Å². The van der Waals surface area contributed by atoms with E-state index >= 15 is 0 Å². The van der Waals surface area contributed by atoms with Crippen molar-refractivity contribution < 1.29 is 9.47 Å². The van der Waals surface area contributed by atoms with Gasteiger partial charge in [-0.2, -0.15) is 0 Å². The number of rotatable bonds is 1. The molecule has 88 valence electrons. The molecule has 1 spiro atoms. The lowest BCUT2D eigenvalue weighted by atomic mass is 10.0. The molecule has 16 heavy (non-hydrogen) atoms. The second kappa shape index (κ2) is 4.19. The zero-order chi connectivity index (χ0) is 11.8. The summed E-state index contributed by atoms with van der Waals surface area (Å²) in [5.74, 6) is -0.369. The summed E-state index contributed by atoms with van der Waals surface area (Å²) in [5, 5.41) is 0. The summed E-state index contributed by atoms with van der Waals surface area (Å²) in [6, 6.07) is 0. The first-order valence-corrected chi connectivity index (χ1v) is 5.85.